The first-order valence-electron chi connectivity index (χ1n) is 11.1. The minimum atomic E-state index is -0.699. The van der Waals surface area contributed by atoms with Crippen LogP contribution in [0.5, 0.6) is 5.75 Å². The first-order chi connectivity index (χ1) is 14.8. The highest BCUT2D eigenvalue weighted by atomic mass is 19.1. The van der Waals surface area contributed by atoms with Gasteiger partial charge in [-0.3, -0.25) is 4.79 Å². The lowest BCUT2D eigenvalue weighted by molar-refractivity contribution is -0.139. The van der Waals surface area contributed by atoms with E-state index >= 15 is 0 Å². The van der Waals surface area contributed by atoms with Gasteiger partial charge in [0, 0.05) is 24.1 Å². The Morgan fingerprint density at radius 2 is 1.61 bits per heavy atom. The number of unbranched alkanes of at least 4 members (excludes halogenated alkanes) is 7. The highest BCUT2D eigenvalue weighted by molar-refractivity contribution is 5.86. The van der Waals surface area contributed by atoms with Crippen molar-refractivity contribution in [3.8, 4) is 5.75 Å². The number of carbonyl (C=O) groups excluding carboxylic acids is 1. The molecule has 0 saturated carbocycles. The Kier molecular flexibility index (Phi) is 9.76. The van der Waals surface area contributed by atoms with Crippen molar-refractivity contribution in [2.75, 3.05) is 13.2 Å². The zero-order valence-electron chi connectivity index (χ0n) is 19.0. The number of nitrogens with zero attached hydrogens (tertiary/aromatic N) is 1. The molecular weight excluding hydrogens is 397 g/mol. The van der Waals surface area contributed by atoms with Gasteiger partial charge in [-0.2, -0.15) is 0 Å². The van der Waals surface area contributed by atoms with E-state index in [1.54, 1.807) is 27.0 Å². The van der Waals surface area contributed by atoms with Gasteiger partial charge in [0.15, 0.2) is 5.82 Å². The maximum absolute atomic E-state index is 13.9. The highest BCUT2D eigenvalue weighted by Crippen LogP contribution is 2.23. The molecule has 5 nitrogen and oxygen atoms in total. The van der Waals surface area contributed by atoms with Crippen molar-refractivity contribution < 1.29 is 18.7 Å². The number of carbonyl (C=O) groups is 1. The van der Waals surface area contributed by atoms with E-state index in [1.807, 2.05) is 12.1 Å². The summed E-state index contributed by atoms with van der Waals surface area (Å²) >= 11 is 0. The third-order valence-corrected chi connectivity index (χ3v) is 5.45. The molecule has 31 heavy (non-hydrogen) atoms. The fraction of sp³-hybridized carbons (Fsp3) is 0.520. The van der Waals surface area contributed by atoms with Crippen molar-refractivity contribution in [2.45, 2.75) is 65.2 Å². The summed E-state index contributed by atoms with van der Waals surface area (Å²) in [5, 5.41) is 0.723. The summed E-state index contributed by atoms with van der Waals surface area (Å²) in [5.74, 6) is -0.310. The van der Waals surface area contributed by atoms with Crippen molar-refractivity contribution in [1.82, 2.24) is 4.57 Å². The van der Waals surface area contributed by atoms with Gasteiger partial charge < -0.3 is 14.0 Å². The maximum Gasteiger partial charge on any atom is 0.333 e. The lowest BCUT2D eigenvalue weighted by Gasteiger charge is -2.11. The van der Waals surface area contributed by atoms with E-state index in [1.165, 1.54) is 23.8 Å². The van der Waals surface area contributed by atoms with Crippen LogP contribution in [0.15, 0.2) is 35.1 Å². The van der Waals surface area contributed by atoms with Crippen LogP contribution >= 0.6 is 0 Å². The molecule has 6 heteroatoms. The average molecular weight is 432 g/mol. The molecule has 0 aliphatic rings. The molecule has 0 saturated heterocycles. The van der Waals surface area contributed by atoms with Gasteiger partial charge in [0.05, 0.1) is 18.7 Å². The van der Waals surface area contributed by atoms with Gasteiger partial charge in [-0.05, 0) is 44.4 Å². The second-order valence-electron chi connectivity index (χ2n) is 8.08. The molecule has 0 fully saturated rings. The first kappa shape index (κ1) is 24.6. The second kappa shape index (κ2) is 12.3. The van der Waals surface area contributed by atoms with Crippen LogP contribution in [0.2, 0.25) is 0 Å². The third kappa shape index (κ3) is 7.23. The van der Waals surface area contributed by atoms with Crippen molar-refractivity contribution in [3.05, 3.63) is 52.1 Å². The molecule has 0 radical (unpaired) electrons. The minimum Gasteiger partial charge on any atom is -0.494 e. The SMILES string of the molecule is C=C(C)C(=O)OCCCCCCCCCCOc1ccc2c(C)c(F)c(=O)n(C)c2c1. The molecule has 1 heterocycles. The van der Waals surface area contributed by atoms with E-state index in [2.05, 4.69) is 6.58 Å². The summed E-state index contributed by atoms with van der Waals surface area (Å²) in [6.07, 6.45) is 8.73. The predicted molar refractivity (Wildman–Crippen MR) is 122 cm³/mol. The van der Waals surface area contributed by atoms with E-state index in [0.717, 1.165) is 37.5 Å². The largest absolute Gasteiger partial charge is 0.494 e. The molecule has 2 rings (SSSR count). The fourth-order valence-electron chi connectivity index (χ4n) is 3.47. The maximum atomic E-state index is 13.9. The fourth-order valence-corrected chi connectivity index (χ4v) is 3.47. The summed E-state index contributed by atoms with van der Waals surface area (Å²) in [5.41, 5.74) is 0.879. The Morgan fingerprint density at radius 3 is 2.23 bits per heavy atom. The standard InChI is InChI=1S/C25H34FNO4/c1-18(2)25(29)31-16-12-10-8-6-5-7-9-11-15-30-20-13-14-21-19(3)23(26)24(28)27(4)22(21)17-20/h13-14,17H,1,5-12,15-16H2,2-4H3. The number of rotatable bonds is 13. The Hall–Kier alpha value is -2.63. The molecule has 2 aromatic rings. The number of ether oxygens (including phenoxy) is 2. The number of aromatic nitrogens is 1. The number of benzene rings is 1. The lowest BCUT2D eigenvalue weighted by atomic mass is 10.1. The summed E-state index contributed by atoms with van der Waals surface area (Å²) in [6.45, 7) is 7.93. The minimum absolute atomic E-state index is 0.307. The van der Waals surface area contributed by atoms with Crippen LogP contribution in [0.4, 0.5) is 4.39 Å². The van der Waals surface area contributed by atoms with Crippen LogP contribution in [-0.4, -0.2) is 23.8 Å². The molecule has 0 N–H and O–H groups in total. The van der Waals surface area contributed by atoms with E-state index in [0.29, 0.717) is 35.6 Å². The van der Waals surface area contributed by atoms with E-state index < -0.39 is 11.4 Å². The summed E-state index contributed by atoms with van der Waals surface area (Å²) in [6, 6.07) is 5.44. The third-order valence-electron chi connectivity index (χ3n) is 5.45. The van der Waals surface area contributed by atoms with Crippen LogP contribution in [0, 0.1) is 12.7 Å². The lowest BCUT2D eigenvalue weighted by Crippen LogP contribution is -2.21. The van der Waals surface area contributed by atoms with Gasteiger partial charge in [0.1, 0.15) is 5.75 Å². The van der Waals surface area contributed by atoms with Crippen LogP contribution in [0.3, 0.4) is 0 Å². The van der Waals surface area contributed by atoms with Gasteiger partial charge in [0.2, 0.25) is 0 Å². The van der Waals surface area contributed by atoms with Crippen LogP contribution in [-0.2, 0) is 16.6 Å². The van der Waals surface area contributed by atoms with E-state index in [4.69, 9.17) is 9.47 Å². The Bertz CT molecular complexity index is 964. The Labute approximate surface area is 183 Å². The smallest absolute Gasteiger partial charge is 0.333 e. The molecule has 1 aromatic carbocycles. The van der Waals surface area contributed by atoms with Crippen molar-refractivity contribution in [3.63, 3.8) is 0 Å². The molecule has 0 atom stereocenters. The van der Waals surface area contributed by atoms with Crippen molar-refractivity contribution in [1.29, 1.82) is 0 Å². The van der Waals surface area contributed by atoms with E-state index in [-0.39, 0.29) is 5.97 Å². The summed E-state index contributed by atoms with van der Waals surface area (Å²) in [7, 11) is 1.58. The molecular formula is C25H34FNO4. The van der Waals surface area contributed by atoms with Crippen molar-refractivity contribution in [2.24, 2.45) is 7.05 Å². The highest BCUT2D eigenvalue weighted by Gasteiger charge is 2.12. The van der Waals surface area contributed by atoms with E-state index in [9.17, 15) is 14.0 Å². The van der Waals surface area contributed by atoms with Gasteiger partial charge in [0.25, 0.3) is 5.56 Å². The number of pyridine rings is 1. The number of esters is 1. The van der Waals surface area contributed by atoms with Gasteiger partial charge in [-0.15, -0.1) is 0 Å². The molecule has 0 amide bonds. The molecule has 0 bridgehead atoms. The zero-order chi connectivity index (χ0) is 22.8. The number of fused-ring (bicyclic) bond motifs is 1. The molecule has 1 aromatic heterocycles. The average Bonchev–Trinajstić information content (AvgIpc) is 2.76. The Morgan fingerprint density at radius 1 is 1.03 bits per heavy atom. The second-order valence-corrected chi connectivity index (χ2v) is 8.08. The normalized spacial score (nSPS) is 11.0. The number of hydrogen-bond acceptors (Lipinski definition) is 4. The van der Waals surface area contributed by atoms with Gasteiger partial charge in [-0.25, -0.2) is 9.18 Å². The number of aryl methyl sites for hydroxylation is 2. The monoisotopic (exact) mass is 431 g/mol. The van der Waals surface area contributed by atoms with Crippen molar-refractivity contribution >= 4 is 16.9 Å². The predicted octanol–water partition coefficient (Wildman–Crippen LogP) is 5.60. The Balaban J connectivity index is 1.59. The van der Waals surface area contributed by atoms with Crippen LogP contribution in [0.1, 0.15) is 63.9 Å². The number of halogens is 1. The summed E-state index contributed by atoms with van der Waals surface area (Å²) < 4.78 is 26.2. The van der Waals surface area contributed by atoms with Crippen LogP contribution < -0.4 is 10.3 Å². The number of hydrogen-bond donors (Lipinski definition) is 0. The first-order valence-corrected chi connectivity index (χ1v) is 11.1. The molecule has 0 spiro atoms. The molecule has 0 aliphatic carbocycles. The molecule has 170 valence electrons. The van der Waals surface area contributed by atoms with Gasteiger partial charge in [-0.1, -0.05) is 45.1 Å². The molecule has 0 aliphatic heterocycles. The topological polar surface area (TPSA) is 57.5 Å². The quantitative estimate of drug-likeness (QED) is 0.235. The molecule has 0 unspecified atom stereocenters. The van der Waals surface area contributed by atoms with Gasteiger partial charge >= 0.3 is 5.97 Å². The zero-order valence-corrected chi connectivity index (χ0v) is 19.0. The van der Waals surface area contributed by atoms with Crippen LogP contribution in [0.25, 0.3) is 10.9 Å². The summed E-state index contributed by atoms with van der Waals surface area (Å²) in [4.78, 5) is 23.2.